The van der Waals surface area contributed by atoms with Gasteiger partial charge in [-0.15, -0.1) is 0 Å². The highest BCUT2D eigenvalue weighted by molar-refractivity contribution is 5.80. The molecule has 1 aliphatic rings. The van der Waals surface area contributed by atoms with E-state index >= 15 is 0 Å². The van der Waals surface area contributed by atoms with Crippen LogP contribution in [0.1, 0.15) is 26.7 Å². The van der Waals surface area contributed by atoms with Crippen LogP contribution in [-0.4, -0.2) is 38.1 Å². The van der Waals surface area contributed by atoms with E-state index < -0.39 is 0 Å². The number of methoxy groups -OCH3 is 1. The summed E-state index contributed by atoms with van der Waals surface area (Å²) >= 11 is 0. The smallest absolute Gasteiger partial charge is 0.309 e. The van der Waals surface area contributed by atoms with E-state index in [1.54, 1.807) is 0 Å². The van der Waals surface area contributed by atoms with E-state index in [1.807, 2.05) is 13.8 Å². The van der Waals surface area contributed by atoms with Gasteiger partial charge < -0.3 is 15.4 Å². The van der Waals surface area contributed by atoms with Gasteiger partial charge in [0.1, 0.15) is 0 Å². The Labute approximate surface area is 102 Å². The second-order valence-electron chi connectivity index (χ2n) is 4.62. The fraction of sp³-hybridized carbons (Fsp3) is 0.833. The van der Waals surface area contributed by atoms with Gasteiger partial charge in [-0.25, -0.2) is 0 Å². The monoisotopic (exact) mass is 242 g/mol. The van der Waals surface area contributed by atoms with Crippen LogP contribution in [0.4, 0.5) is 0 Å². The highest BCUT2D eigenvalue weighted by atomic mass is 16.5. The van der Waals surface area contributed by atoms with Crippen LogP contribution in [0.15, 0.2) is 0 Å². The van der Waals surface area contributed by atoms with Crippen LogP contribution in [0.3, 0.4) is 0 Å². The fourth-order valence-corrected chi connectivity index (χ4v) is 1.54. The Bertz CT molecular complexity index is 277. The first-order chi connectivity index (χ1) is 8.06. The van der Waals surface area contributed by atoms with Gasteiger partial charge in [0.15, 0.2) is 0 Å². The van der Waals surface area contributed by atoms with Gasteiger partial charge in [-0.05, 0) is 19.8 Å². The maximum atomic E-state index is 11.3. The molecule has 17 heavy (non-hydrogen) atoms. The molecule has 0 bridgehead atoms. The minimum Gasteiger partial charge on any atom is -0.469 e. The third-order valence-electron chi connectivity index (χ3n) is 3.16. The van der Waals surface area contributed by atoms with Crippen LogP contribution in [0.2, 0.25) is 0 Å². The van der Waals surface area contributed by atoms with Gasteiger partial charge in [0, 0.05) is 25.0 Å². The standard InChI is InChI=1S/C12H22N2O3/c1-8(12(16)17-3)9(2)13-6-7-14-11(15)10-4-5-10/h8-10,13H,4-7H2,1-3H3,(H,14,15). The number of carbonyl (C=O) groups excluding carboxylic acids is 2. The molecule has 0 aliphatic heterocycles. The van der Waals surface area contributed by atoms with Gasteiger partial charge in [0.05, 0.1) is 13.0 Å². The Morgan fingerprint density at radius 1 is 1.29 bits per heavy atom. The Morgan fingerprint density at radius 3 is 2.47 bits per heavy atom. The zero-order valence-electron chi connectivity index (χ0n) is 10.8. The van der Waals surface area contributed by atoms with E-state index in [9.17, 15) is 9.59 Å². The van der Waals surface area contributed by atoms with Gasteiger partial charge in [-0.3, -0.25) is 9.59 Å². The van der Waals surface area contributed by atoms with Crippen LogP contribution < -0.4 is 10.6 Å². The number of ether oxygens (including phenoxy) is 1. The SMILES string of the molecule is COC(=O)C(C)C(C)NCCNC(=O)C1CC1. The summed E-state index contributed by atoms with van der Waals surface area (Å²) < 4.78 is 4.67. The molecule has 2 atom stereocenters. The van der Waals surface area contributed by atoms with Crippen molar-refractivity contribution in [2.45, 2.75) is 32.7 Å². The lowest BCUT2D eigenvalue weighted by atomic mass is 10.0. The van der Waals surface area contributed by atoms with Gasteiger partial charge in [-0.1, -0.05) is 6.92 Å². The van der Waals surface area contributed by atoms with Crippen molar-refractivity contribution in [3.8, 4) is 0 Å². The highest BCUT2D eigenvalue weighted by Gasteiger charge is 2.29. The van der Waals surface area contributed by atoms with Crippen molar-refractivity contribution in [1.29, 1.82) is 0 Å². The Balaban J connectivity index is 2.08. The van der Waals surface area contributed by atoms with Crippen LogP contribution in [0.25, 0.3) is 0 Å². The summed E-state index contributed by atoms with van der Waals surface area (Å²) in [6, 6.07) is 0.0419. The van der Waals surface area contributed by atoms with E-state index in [-0.39, 0.29) is 29.8 Å². The molecule has 0 heterocycles. The molecule has 0 aromatic heterocycles. The predicted octanol–water partition coefficient (Wildman–Crippen LogP) is 0.300. The molecule has 0 spiro atoms. The second kappa shape index (κ2) is 6.59. The zero-order chi connectivity index (χ0) is 12.8. The second-order valence-corrected chi connectivity index (χ2v) is 4.62. The fourth-order valence-electron chi connectivity index (χ4n) is 1.54. The summed E-state index contributed by atoms with van der Waals surface area (Å²) in [6.45, 7) is 5.03. The van der Waals surface area contributed by atoms with Crippen molar-refractivity contribution in [3.05, 3.63) is 0 Å². The number of esters is 1. The first-order valence-electron chi connectivity index (χ1n) is 6.15. The van der Waals surface area contributed by atoms with Crippen LogP contribution in [0, 0.1) is 11.8 Å². The maximum absolute atomic E-state index is 11.3. The quantitative estimate of drug-likeness (QED) is 0.498. The van der Waals surface area contributed by atoms with Crippen LogP contribution in [0.5, 0.6) is 0 Å². The van der Waals surface area contributed by atoms with Crippen molar-refractivity contribution in [2.75, 3.05) is 20.2 Å². The van der Waals surface area contributed by atoms with Gasteiger partial charge in [0.2, 0.25) is 5.91 Å². The molecule has 1 aliphatic carbocycles. The minimum absolute atomic E-state index is 0.0419. The summed E-state index contributed by atoms with van der Waals surface area (Å²) in [5.74, 6) is 0.00744. The summed E-state index contributed by atoms with van der Waals surface area (Å²) in [5, 5.41) is 6.06. The van der Waals surface area contributed by atoms with Gasteiger partial charge >= 0.3 is 5.97 Å². The number of carbonyl (C=O) groups is 2. The number of amides is 1. The molecule has 5 nitrogen and oxygen atoms in total. The molecule has 0 aromatic carbocycles. The topological polar surface area (TPSA) is 67.4 Å². The average molecular weight is 242 g/mol. The van der Waals surface area contributed by atoms with Crippen molar-refractivity contribution in [2.24, 2.45) is 11.8 Å². The molecule has 0 radical (unpaired) electrons. The molecule has 0 saturated heterocycles. The molecular weight excluding hydrogens is 220 g/mol. The molecule has 2 unspecified atom stereocenters. The van der Waals surface area contributed by atoms with Crippen molar-refractivity contribution in [1.82, 2.24) is 10.6 Å². The lowest BCUT2D eigenvalue weighted by Crippen LogP contribution is -2.41. The summed E-state index contributed by atoms with van der Waals surface area (Å²) in [4.78, 5) is 22.6. The van der Waals surface area contributed by atoms with Crippen LogP contribution >= 0.6 is 0 Å². The van der Waals surface area contributed by atoms with E-state index in [4.69, 9.17) is 0 Å². The van der Waals surface area contributed by atoms with E-state index in [0.29, 0.717) is 13.1 Å². The lowest BCUT2D eigenvalue weighted by Gasteiger charge is -2.19. The molecule has 1 fully saturated rings. The number of hydrogen-bond acceptors (Lipinski definition) is 4. The number of rotatable bonds is 7. The zero-order valence-corrected chi connectivity index (χ0v) is 10.8. The highest BCUT2D eigenvalue weighted by Crippen LogP contribution is 2.28. The Kier molecular flexibility index (Phi) is 5.41. The van der Waals surface area contributed by atoms with Crippen LogP contribution in [-0.2, 0) is 14.3 Å². The molecule has 5 heteroatoms. The van der Waals surface area contributed by atoms with E-state index in [2.05, 4.69) is 15.4 Å². The average Bonchev–Trinajstić information content (AvgIpc) is 3.16. The molecule has 0 aromatic rings. The summed E-state index contributed by atoms with van der Waals surface area (Å²) in [7, 11) is 1.39. The normalized spacial score (nSPS) is 18.3. The Morgan fingerprint density at radius 2 is 1.94 bits per heavy atom. The molecular formula is C12H22N2O3. The third-order valence-corrected chi connectivity index (χ3v) is 3.16. The minimum atomic E-state index is -0.216. The van der Waals surface area contributed by atoms with Crippen molar-refractivity contribution in [3.63, 3.8) is 0 Å². The molecule has 1 saturated carbocycles. The number of nitrogens with one attached hydrogen (secondary N) is 2. The van der Waals surface area contributed by atoms with E-state index in [1.165, 1.54) is 7.11 Å². The van der Waals surface area contributed by atoms with Crippen molar-refractivity contribution >= 4 is 11.9 Å². The summed E-state index contributed by atoms with van der Waals surface area (Å²) in [6.07, 6.45) is 2.05. The molecule has 98 valence electrons. The Hall–Kier alpha value is -1.10. The van der Waals surface area contributed by atoms with Gasteiger partial charge in [0.25, 0.3) is 0 Å². The largest absolute Gasteiger partial charge is 0.469 e. The van der Waals surface area contributed by atoms with Gasteiger partial charge in [-0.2, -0.15) is 0 Å². The molecule has 1 rings (SSSR count). The molecule has 1 amide bonds. The molecule has 2 N–H and O–H groups in total. The first kappa shape index (κ1) is 14.0. The van der Waals surface area contributed by atoms with Crippen molar-refractivity contribution < 1.29 is 14.3 Å². The third kappa shape index (κ3) is 4.73. The predicted molar refractivity (Wildman–Crippen MR) is 64.4 cm³/mol. The lowest BCUT2D eigenvalue weighted by molar-refractivity contribution is -0.145. The summed E-state index contributed by atoms with van der Waals surface area (Å²) in [5.41, 5.74) is 0. The number of hydrogen-bond donors (Lipinski definition) is 2. The van der Waals surface area contributed by atoms with E-state index in [0.717, 1.165) is 12.8 Å². The first-order valence-corrected chi connectivity index (χ1v) is 6.15. The maximum Gasteiger partial charge on any atom is 0.309 e.